The molecule has 0 aliphatic rings. The van der Waals surface area contributed by atoms with Gasteiger partial charge in [-0.25, -0.2) is 9.48 Å². The van der Waals surface area contributed by atoms with E-state index in [2.05, 4.69) is 15.0 Å². The van der Waals surface area contributed by atoms with Gasteiger partial charge < -0.3 is 15.2 Å². The Morgan fingerprint density at radius 1 is 1.42 bits per heavy atom. The van der Waals surface area contributed by atoms with Crippen LogP contribution < -0.4 is 10.5 Å². The highest BCUT2D eigenvalue weighted by Gasteiger charge is 2.06. The normalized spacial score (nSPS) is 10.2. The molecule has 0 aliphatic heterocycles. The summed E-state index contributed by atoms with van der Waals surface area (Å²) >= 11 is 0. The minimum Gasteiger partial charge on any atom is -0.496 e. The standard InChI is InChI=1S/C12H14N4O3/c1-18-11-5-3-2-4-9(11)6-16-7-10(14-15-16)8-19-12(13)17/h2-5,7H,6,8H2,1H3,(H2,13,17). The maximum absolute atomic E-state index is 10.5. The first kappa shape index (κ1) is 12.9. The van der Waals surface area contributed by atoms with Gasteiger partial charge in [-0.1, -0.05) is 23.4 Å². The number of para-hydroxylation sites is 1. The van der Waals surface area contributed by atoms with Gasteiger partial charge in [0.2, 0.25) is 0 Å². The summed E-state index contributed by atoms with van der Waals surface area (Å²) in [6, 6.07) is 7.64. The first-order valence-corrected chi connectivity index (χ1v) is 5.62. The zero-order chi connectivity index (χ0) is 13.7. The predicted molar refractivity (Wildman–Crippen MR) is 66.5 cm³/mol. The Morgan fingerprint density at radius 3 is 2.95 bits per heavy atom. The summed E-state index contributed by atoms with van der Waals surface area (Å²) in [5.41, 5.74) is 6.40. The maximum atomic E-state index is 10.5. The zero-order valence-electron chi connectivity index (χ0n) is 10.4. The van der Waals surface area contributed by atoms with Crippen LogP contribution in [-0.4, -0.2) is 28.2 Å². The SMILES string of the molecule is COc1ccccc1Cn1cc(COC(N)=O)nn1. The molecule has 2 rings (SSSR count). The molecule has 0 atom stereocenters. The molecule has 1 aromatic carbocycles. The van der Waals surface area contributed by atoms with Gasteiger partial charge in [-0.3, -0.25) is 0 Å². The average Bonchev–Trinajstić information content (AvgIpc) is 2.85. The van der Waals surface area contributed by atoms with Gasteiger partial charge in [0.15, 0.2) is 0 Å². The number of rotatable bonds is 5. The molecule has 7 nitrogen and oxygen atoms in total. The van der Waals surface area contributed by atoms with Gasteiger partial charge in [-0.05, 0) is 6.07 Å². The third-order valence-electron chi connectivity index (χ3n) is 2.47. The van der Waals surface area contributed by atoms with Crippen LogP contribution in [-0.2, 0) is 17.9 Å². The van der Waals surface area contributed by atoms with Crippen LogP contribution in [0, 0.1) is 0 Å². The summed E-state index contributed by atoms with van der Waals surface area (Å²) in [5, 5.41) is 7.82. The molecule has 100 valence electrons. The van der Waals surface area contributed by atoms with Crippen molar-refractivity contribution in [2.24, 2.45) is 5.73 Å². The molecule has 0 aliphatic carbocycles. The first-order chi connectivity index (χ1) is 9.19. The van der Waals surface area contributed by atoms with Crippen LogP contribution in [0.25, 0.3) is 0 Å². The third-order valence-corrected chi connectivity index (χ3v) is 2.47. The number of hydrogen-bond acceptors (Lipinski definition) is 5. The highest BCUT2D eigenvalue weighted by atomic mass is 16.5. The second-order valence-electron chi connectivity index (χ2n) is 3.83. The lowest BCUT2D eigenvalue weighted by atomic mass is 10.2. The van der Waals surface area contributed by atoms with Crippen molar-refractivity contribution in [1.82, 2.24) is 15.0 Å². The Labute approximate surface area is 109 Å². The number of aromatic nitrogens is 3. The molecule has 1 aromatic heterocycles. The van der Waals surface area contributed by atoms with E-state index in [9.17, 15) is 4.79 Å². The molecular weight excluding hydrogens is 248 g/mol. The van der Waals surface area contributed by atoms with Crippen LogP contribution in [0.2, 0.25) is 0 Å². The predicted octanol–water partition coefficient (Wildman–Crippen LogP) is 0.930. The van der Waals surface area contributed by atoms with Gasteiger partial charge in [-0.15, -0.1) is 5.10 Å². The van der Waals surface area contributed by atoms with Gasteiger partial charge in [0.1, 0.15) is 18.1 Å². The molecule has 0 unspecified atom stereocenters. The fourth-order valence-corrected chi connectivity index (χ4v) is 1.64. The van der Waals surface area contributed by atoms with Gasteiger partial charge >= 0.3 is 6.09 Å². The quantitative estimate of drug-likeness (QED) is 0.865. The number of carbonyl (C=O) groups excluding carboxylic acids is 1. The van der Waals surface area contributed by atoms with Gasteiger partial charge in [0.25, 0.3) is 0 Å². The molecule has 0 radical (unpaired) electrons. The minimum absolute atomic E-state index is 0.0151. The molecule has 1 amide bonds. The summed E-state index contributed by atoms with van der Waals surface area (Å²) < 4.78 is 11.5. The Morgan fingerprint density at radius 2 is 2.21 bits per heavy atom. The Kier molecular flexibility index (Phi) is 3.97. The van der Waals surface area contributed by atoms with Crippen LogP contribution in [0.4, 0.5) is 4.79 Å². The van der Waals surface area contributed by atoms with Crippen molar-refractivity contribution >= 4 is 6.09 Å². The van der Waals surface area contributed by atoms with Crippen molar-refractivity contribution in [1.29, 1.82) is 0 Å². The van der Waals surface area contributed by atoms with Crippen LogP contribution in [0.15, 0.2) is 30.5 Å². The fourth-order valence-electron chi connectivity index (χ4n) is 1.64. The lowest BCUT2D eigenvalue weighted by Crippen LogP contribution is -2.12. The van der Waals surface area contributed by atoms with Crippen molar-refractivity contribution in [2.75, 3.05) is 7.11 Å². The van der Waals surface area contributed by atoms with Crippen molar-refractivity contribution in [3.05, 3.63) is 41.7 Å². The van der Waals surface area contributed by atoms with E-state index in [1.54, 1.807) is 18.0 Å². The van der Waals surface area contributed by atoms with Gasteiger partial charge in [0, 0.05) is 5.56 Å². The number of nitrogens with two attached hydrogens (primary N) is 1. The number of benzene rings is 1. The van der Waals surface area contributed by atoms with E-state index in [4.69, 9.17) is 10.5 Å². The van der Waals surface area contributed by atoms with E-state index < -0.39 is 6.09 Å². The summed E-state index contributed by atoms with van der Waals surface area (Å²) in [6.45, 7) is 0.537. The summed E-state index contributed by atoms with van der Waals surface area (Å²) in [6.07, 6.45) is 0.856. The van der Waals surface area contributed by atoms with Crippen LogP contribution in [0.1, 0.15) is 11.3 Å². The lowest BCUT2D eigenvalue weighted by molar-refractivity contribution is 0.149. The van der Waals surface area contributed by atoms with E-state index in [0.717, 1.165) is 11.3 Å². The number of ether oxygens (including phenoxy) is 2. The summed E-state index contributed by atoms with van der Waals surface area (Å²) in [5.74, 6) is 0.785. The van der Waals surface area contributed by atoms with Gasteiger partial charge in [-0.2, -0.15) is 0 Å². The Balaban J connectivity index is 2.05. The second-order valence-corrected chi connectivity index (χ2v) is 3.83. The molecular formula is C12H14N4O3. The molecule has 19 heavy (non-hydrogen) atoms. The number of carbonyl (C=O) groups is 1. The second kappa shape index (κ2) is 5.85. The number of nitrogens with zero attached hydrogens (tertiary/aromatic N) is 3. The van der Waals surface area contributed by atoms with Gasteiger partial charge in [0.05, 0.1) is 19.9 Å². The molecule has 7 heteroatoms. The molecule has 2 aromatic rings. The highest BCUT2D eigenvalue weighted by Crippen LogP contribution is 2.18. The number of hydrogen-bond donors (Lipinski definition) is 1. The topological polar surface area (TPSA) is 92.3 Å². The average molecular weight is 262 g/mol. The summed E-state index contributed by atoms with van der Waals surface area (Å²) in [7, 11) is 1.62. The molecule has 0 bridgehead atoms. The van der Waals surface area contributed by atoms with Crippen molar-refractivity contribution in [3.8, 4) is 5.75 Å². The van der Waals surface area contributed by atoms with E-state index in [1.807, 2.05) is 24.3 Å². The number of amides is 1. The zero-order valence-corrected chi connectivity index (χ0v) is 10.4. The minimum atomic E-state index is -0.834. The van der Waals surface area contributed by atoms with Crippen molar-refractivity contribution < 1.29 is 14.3 Å². The van der Waals surface area contributed by atoms with Crippen LogP contribution >= 0.6 is 0 Å². The Hall–Kier alpha value is -2.57. The molecule has 0 saturated carbocycles. The van der Waals surface area contributed by atoms with E-state index in [0.29, 0.717) is 12.2 Å². The van der Waals surface area contributed by atoms with E-state index >= 15 is 0 Å². The molecule has 0 fully saturated rings. The van der Waals surface area contributed by atoms with Crippen molar-refractivity contribution in [2.45, 2.75) is 13.2 Å². The monoisotopic (exact) mass is 262 g/mol. The summed E-state index contributed by atoms with van der Waals surface area (Å²) in [4.78, 5) is 10.5. The first-order valence-electron chi connectivity index (χ1n) is 5.62. The highest BCUT2D eigenvalue weighted by molar-refractivity contribution is 5.64. The molecule has 0 saturated heterocycles. The van der Waals surface area contributed by atoms with Crippen molar-refractivity contribution in [3.63, 3.8) is 0 Å². The molecule has 2 N–H and O–H groups in total. The Bertz CT molecular complexity index is 568. The third kappa shape index (κ3) is 3.44. The number of methoxy groups -OCH3 is 1. The lowest BCUT2D eigenvalue weighted by Gasteiger charge is -2.07. The van der Waals surface area contributed by atoms with E-state index in [-0.39, 0.29) is 6.61 Å². The smallest absolute Gasteiger partial charge is 0.404 e. The fraction of sp³-hybridized carbons (Fsp3) is 0.250. The number of primary amides is 1. The van der Waals surface area contributed by atoms with E-state index in [1.165, 1.54) is 0 Å². The van der Waals surface area contributed by atoms with Crippen LogP contribution in [0.3, 0.4) is 0 Å². The molecule has 0 spiro atoms. The maximum Gasteiger partial charge on any atom is 0.404 e. The molecule has 1 heterocycles. The van der Waals surface area contributed by atoms with Crippen LogP contribution in [0.5, 0.6) is 5.75 Å². The largest absolute Gasteiger partial charge is 0.496 e.